The van der Waals surface area contributed by atoms with Crippen molar-refractivity contribution in [3.63, 3.8) is 0 Å². The number of rotatable bonds is 3. The van der Waals surface area contributed by atoms with Gasteiger partial charge in [-0.15, -0.1) is 0 Å². The van der Waals surface area contributed by atoms with Crippen molar-refractivity contribution in [2.24, 2.45) is 0 Å². The Hall–Kier alpha value is -4.55. The molecule has 0 atom stereocenters. The summed E-state index contributed by atoms with van der Waals surface area (Å²) in [5.74, 6) is -2.02. The highest BCUT2D eigenvalue weighted by Gasteiger charge is 2.38. The smallest absolute Gasteiger partial charge is 0.475 e. The first-order valence-corrected chi connectivity index (χ1v) is 11.8. The first-order chi connectivity index (χ1) is 18.5. The van der Waals surface area contributed by atoms with Gasteiger partial charge in [-0.05, 0) is 49.6 Å². The molecule has 1 aliphatic heterocycles. The van der Waals surface area contributed by atoms with E-state index in [0.717, 1.165) is 16.5 Å². The number of para-hydroxylation sites is 1. The van der Waals surface area contributed by atoms with Crippen LogP contribution in [0.25, 0.3) is 22.4 Å². The maximum absolute atomic E-state index is 13.5. The standard InChI is InChI=1S/C24H22FN5O2.C2HF3O2/c1-15-6-8-18(25)14-21(15)27-24(31)30-12-10-17(11-13-30)23-28-22(29-32-23)20-9-7-16-4-2-3-5-19(16)26-20;3-2(4,5)1(6)7/h2-9,14,17H,10-13H2,1H3,(H,27,31);(H,6,7). The van der Waals surface area contributed by atoms with Crippen LogP contribution in [0.3, 0.4) is 0 Å². The number of urea groups is 1. The van der Waals surface area contributed by atoms with E-state index in [1.165, 1.54) is 12.1 Å². The number of halogens is 4. The van der Waals surface area contributed by atoms with Crippen LogP contribution < -0.4 is 5.32 Å². The van der Waals surface area contributed by atoms with E-state index in [2.05, 4.69) is 20.4 Å². The minimum absolute atomic E-state index is 0.0802. The summed E-state index contributed by atoms with van der Waals surface area (Å²) in [4.78, 5) is 32.4. The van der Waals surface area contributed by atoms with E-state index in [9.17, 15) is 22.4 Å². The molecule has 0 radical (unpaired) electrons. The van der Waals surface area contributed by atoms with Crippen LogP contribution in [-0.4, -0.2) is 56.4 Å². The van der Waals surface area contributed by atoms with Crippen LogP contribution >= 0.6 is 0 Å². The number of amides is 2. The lowest BCUT2D eigenvalue weighted by Crippen LogP contribution is -2.40. The van der Waals surface area contributed by atoms with Gasteiger partial charge in [0.15, 0.2) is 0 Å². The number of aliphatic carboxylic acids is 1. The molecule has 0 aliphatic carbocycles. The summed E-state index contributed by atoms with van der Waals surface area (Å²) in [7, 11) is 0. The highest BCUT2D eigenvalue weighted by molar-refractivity contribution is 5.90. The van der Waals surface area contributed by atoms with Crippen LogP contribution in [0.2, 0.25) is 0 Å². The Balaban J connectivity index is 0.000000448. The second-order valence-electron chi connectivity index (χ2n) is 8.80. The molecule has 13 heteroatoms. The number of carbonyl (C=O) groups is 2. The Morgan fingerprint density at radius 1 is 1.05 bits per heavy atom. The maximum atomic E-state index is 13.5. The molecule has 2 aromatic carbocycles. The van der Waals surface area contributed by atoms with Crippen LogP contribution in [0.1, 0.15) is 30.2 Å². The molecular weight excluding hydrogens is 522 g/mol. The monoisotopic (exact) mass is 545 g/mol. The van der Waals surface area contributed by atoms with Crippen molar-refractivity contribution in [3.8, 4) is 11.5 Å². The molecule has 0 bridgehead atoms. The Morgan fingerprint density at radius 2 is 1.74 bits per heavy atom. The summed E-state index contributed by atoms with van der Waals surface area (Å²) >= 11 is 0. The molecule has 2 aromatic heterocycles. The van der Waals surface area contributed by atoms with Crippen molar-refractivity contribution in [1.82, 2.24) is 20.0 Å². The summed E-state index contributed by atoms with van der Waals surface area (Å²) in [6.07, 6.45) is -3.66. The molecule has 0 spiro atoms. The molecule has 5 rings (SSSR count). The number of aryl methyl sites for hydroxylation is 1. The third kappa shape index (κ3) is 6.86. The van der Waals surface area contributed by atoms with Gasteiger partial charge in [0.25, 0.3) is 0 Å². The van der Waals surface area contributed by atoms with E-state index in [1.807, 2.05) is 43.3 Å². The van der Waals surface area contributed by atoms with E-state index >= 15 is 0 Å². The Bertz CT molecular complexity index is 1480. The summed E-state index contributed by atoms with van der Waals surface area (Å²) in [6, 6.07) is 15.9. The topological polar surface area (TPSA) is 121 Å². The molecule has 39 heavy (non-hydrogen) atoms. The second-order valence-corrected chi connectivity index (χ2v) is 8.80. The number of carboxylic acids is 1. The van der Waals surface area contributed by atoms with Crippen LogP contribution in [-0.2, 0) is 4.79 Å². The fraction of sp³-hybridized carbons (Fsp3) is 0.269. The molecule has 0 unspecified atom stereocenters. The summed E-state index contributed by atoms with van der Waals surface area (Å²) in [5, 5.41) is 15.1. The molecule has 4 aromatic rings. The number of nitrogens with one attached hydrogen (secondary N) is 1. The molecule has 2 amide bonds. The number of carboxylic acid groups (broad SMARTS) is 1. The molecule has 9 nitrogen and oxygen atoms in total. The van der Waals surface area contributed by atoms with Gasteiger partial charge >= 0.3 is 18.2 Å². The van der Waals surface area contributed by atoms with E-state index in [4.69, 9.17) is 14.4 Å². The van der Waals surface area contributed by atoms with Crippen LogP contribution in [0.4, 0.5) is 28.0 Å². The van der Waals surface area contributed by atoms with Gasteiger partial charge in [0.05, 0.1) is 5.52 Å². The predicted molar refractivity (Wildman–Crippen MR) is 132 cm³/mol. The summed E-state index contributed by atoms with van der Waals surface area (Å²) in [6.45, 7) is 2.94. The third-order valence-corrected chi connectivity index (χ3v) is 6.08. The lowest BCUT2D eigenvalue weighted by molar-refractivity contribution is -0.192. The van der Waals surface area contributed by atoms with Crippen molar-refractivity contribution >= 4 is 28.6 Å². The van der Waals surface area contributed by atoms with Gasteiger partial charge < -0.3 is 19.8 Å². The molecule has 0 saturated carbocycles. The highest BCUT2D eigenvalue weighted by Crippen LogP contribution is 2.29. The number of nitrogens with zero attached hydrogens (tertiary/aromatic N) is 4. The zero-order valence-corrected chi connectivity index (χ0v) is 20.6. The van der Waals surface area contributed by atoms with Gasteiger partial charge in [-0.1, -0.05) is 35.5 Å². The van der Waals surface area contributed by atoms with Gasteiger partial charge in [0, 0.05) is 30.1 Å². The lowest BCUT2D eigenvalue weighted by atomic mass is 9.97. The highest BCUT2D eigenvalue weighted by atomic mass is 19.4. The van der Waals surface area contributed by atoms with Gasteiger partial charge in [-0.2, -0.15) is 18.2 Å². The fourth-order valence-electron chi connectivity index (χ4n) is 3.95. The molecular formula is C26H23F4N5O4. The number of piperidine rings is 1. The van der Waals surface area contributed by atoms with Crippen molar-refractivity contribution in [2.75, 3.05) is 18.4 Å². The fourth-order valence-corrected chi connectivity index (χ4v) is 3.95. The first-order valence-electron chi connectivity index (χ1n) is 11.8. The number of carbonyl (C=O) groups excluding carboxylic acids is 1. The van der Waals surface area contributed by atoms with Gasteiger partial charge in [-0.25, -0.2) is 19.0 Å². The van der Waals surface area contributed by atoms with Crippen LogP contribution in [0, 0.1) is 12.7 Å². The van der Waals surface area contributed by atoms with E-state index < -0.39 is 12.1 Å². The van der Waals surface area contributed by atoms with E-state index in [0.29, 0.717) is 49.0 Å². The number of hydrogen-bond donors (Lipinski definition) is 2. The third-order valence-electron chi connectivity index (χ3n) is 6.08. The zero-order valence-electron chi connectivity index (χ0n) is 20.6. The second kappa shape index (κ2) is 11.5. The number of aromatic nitrogens is 3. The largest absolute Gasteiger partial charge is 0.490 e. The molecule has 1 fully saturated rings. The minimum atomic E-state index is -5.08. The number of likely N-dealkylation sites (tertiary alicyclic amines) is 1. The predicted octanol–water partition coefficient (Wildman–Crippen LogP) is 5.78. The average Bonchev–Trinajstić information content (AvgIpc) is 3.41. The quantitative estimate of drug-likeness (QED) is 0.313. The van der Waals surface area contributed by atoms with Crippen molar-refractivity contribution in [1.29, 1.82) is 0 Å². The summed E-state index contributed by atoms with van der Waals surface area (Å²) < 4.78 is 50.8. The van der Waals surface area contributed by atoms with E-state index in [-0.39, 0.29) is 17.8 Å². The number of anilines is 1. The van der Waals surface area contributed by atoms with Crippen LogP contribution in [0.15, 0.2) is 59.1 Å². The molecule has 1 aliphatic rings. The van der Waals surface area contributed by atoms with Crippen molar-refractivity contribution < 1.29 is 36.8 Å². The normalized spacial score (nSPS) is 14.0. The Morgan fingerprint density at radius 3 is 2.44 bits per heavy atom. The molecule has 2 N–H and O–H groups in total. The number of alkyl halides is 3. The van der Waals surface area contributed by atoms with Gasteiger partial charge in [0.2, 0.25) is 11.7 Å². The number of pyridine rings is 1. The number of hydrogen-bond acceptors (Lipinski definition) is 6. The SMILES string of the molecule is Cc1ccc(F)cc1NC(=O)N1CCC(c2nc(-c3ccc4ccccc4n3)no2)CC1.O=C(O)C(F)(F)F. The zero-order chi connectivity index (χ0) is 28.2. The van der Waals surface area contributed by atoms with Crippen LogP contribution in [0.5, 0.6) is 0 Å². The Labute approximate surface area is 219 Å². The van der Waals surface area contributed by atoms with Crippen molar-refractivity contribution in [2.45, 2.75) is 31.9 Å². The molecule has 1 saturated heterocycles. The first kappa shape index (κ1) is 27.5. The summed E-state index contributed by atoms with van der Waals surface area (Å²) in [5.41, 5.74) is 2.85. The molecule has 3 heterocycles. The van der Waals surface area contributed by atoms with Crippen molar-refractivity contribution in [3.05, 3.63) is 71.9 Å². The number of benzene rings is 2. The molecule has 204 valence electrons. The Kier molecular flexibility index (Phi) is 8.07. The lowest BCUT2D eigenvalue weighted by Gasteiger charge is -2.30. The minimum Gasteiger partial charge on any atom is -0.475 e. The maximum Gasteiger partial charge on any atom is 0.490 e. The van der Waals surface area contributed by atoms with E-state index in [1.54, 1.807) is 11.0 Å². The van der Waals surface area contributed by atoms with Gasteiger partial charge in [0.1, 0.15) is 11.5 Å². The number of fused-ring (bicyclic) bond motifs is 1. The average molecular weight is 545 g/mol. The van der Waals surface area contributed by atoms with Gasteiger partial charge in [-0.3, -0.25) is 0 Å².